The van der Waals surface area contributed by atoms with Gasteiger partial charge in [-0.05, 0) is 44.3 Å². The predicted octanol–water partition coefficient (Wildman–Crippen LogP) is 2.40. The van der Waals surface area contributed by atoms with Crippen LogP contribution < -0.4 is 5.73 Å². The van der Waals surface area contributed by atoms with Crippen molar-refractivity contribution in [3.63, 3.8) is 0 Å². The standard InChI is InChI=1S/C10H15BrN2/c1-7-4-9(11)5-8(10(7)12)6-13(2)3/h4-5H,6,12H2,1-3H3. The molecule has 0 heterocycles. The number of halogens is 1. The minimum atomic E-state index is 0.881. The zero-order chi connectivity index (χ0) is 10.0. The largest absolute Gasteiger partial charge is 0.398 e. The second kappa shape index (κ2) is 4.11. The van der Waals surface area contributed by atoms with Crippen molar-refractivity contribution in [1.29, 1.82) is 0 Å². The maximum absolute atomic E-state index is 5.95. The molecule has 0 aliphatic heterocycles. The molecule has 0 aliphatic carbocycles. The molecule has 0 aromatic heterocycles. The highest BCUT2D eigenvalue weighted by Gasteiger charge is 2.04. The lowest BCUT2D eigenvalue weighted by atomic mass is 10.1. The van der Waals surface area contributed by atoms with Crippen LogP contribution in [0.15, 0.2) is 16.6 Å². The number of nitrogen functional groups attached to an aromatic ring is 1. The first kappa shape index (κ1) is 10.5. The van der Waals surface area contributed by atoms with Gasteiger partial charge in [-0.1, -0.05) is 15.9 Å². The Kier molecular flexibility index (Phi) is 3.33. The summed E-state index contributed by atoms with van der Waals surface area (Å²) in [4.78, 5) is 2.11. The van der Waals surface area contributed by atoms with Crippen LogP contribution in [0, 0.1) is 6.92 Å². The van der Waals surface area contributed by atoms with Gasteiger partial charge in [-0.2, -0.15) is 0 Å². The van der Waals surface area contributed by atoms with E-state index in [1.807, 2.05) is 27.1 Å². The van der Waals surface area contributed by atoms with Crippen LogP contribution in [0.25, 0.3) is 0 Å². The van der Waals surface area contributed by atoms with Gasteiger partial charge < -0.3 is 10.6 Å². The molecule has 0 radical (unpaired) electrons. The number of hydrogen-bond acceptors (Lipinski definition) is 2. The summed E-state index contributed by atoms with van der Waals surface area (Å²) in [6.07, 6.45) is 0. The van der Waals surface area contributed by atoms with Gasteiger partial charge in [0.05, 0.1) is 0 Å². The molecule has 0 fully saturated rings. The fraction of sp³-hybridized carbons (Fsp3) is 0.400. The van der Waals surface area contributed by atoms with Crippen molar-refractivity contribution in [1.82, 2.24) is 4.90 Å². The molecular formula is C10H15BrN2. The van der Waals surface area contributed by atoms with Crippen LogP contribution in [-0.4, -0.2) is 19.0 Å². The number of aryl methyl sites for hydroxylation is 1. The fourth-order valence-electron chi connectivity index (χ4n) is 1.30. The number of nitrogens with two attached hydrogens (primary N) is 1. The van der Waals surface area contributed by atoms with E-state index < -0.39 is 0 Å². The fourth-order valence-corrected chi connectivity index (χ4v) is 1.91. The Balaban J connectivity index is 3.05. The Morgan fingerprint density at radius 1 is 1.38 bits per heavy atom. The van der Waals surface area contributed by atoms with Gasteiger partial charge in [0.1, 0.15) is 0 Å². The van der Waals surface area contributed by atoms with E-state index >= 15 is 0 Å². The lowest BCUT2D eigenvalue weighted by molar-refractivity contribution is 0.403. The van der Waals surface area contributed by atoms with Gasteiger partial charge >= 0.3 is 0 Å². The number of hydrogen-bond donors (Lipinski definition) is 1. The predicted molar refractivity (Wildman–Crippen MR) is 60.7 cm³/mol. The van der Waals surface area contributed by atoms with Crippen LogP contribution in [-0.2, 0) is 6.54 Å². The first-order valence-corrected chi connectivity index (χ1v) is 4.99. The number of nitrogens with zero attached hydrogens (tertiary/aromatic N) is 1. The summed E-state index contributed by atoms with van der Waals surface area (Å²) in [5.74, 6) is 0. The van der Waals surface area contributed by atoms with Gasteiger partial charge in [-0.25, -0.2) is 0 Å². The molecule has 2 nitrogen and oxygen atoms in total. The zero-order valence-corrected chi connectivity index (χ0v) is 9.85. The summed E-state index contributed by atoms with van der Waals surface area (Å²) in [7, 11) is 4.07. The molecule has 3 heteroatoms. The summed E-state index contributed by atoms with van der Waals surface area (Å²) in [6, 6.07) is 4.11. The van der Waals surface area contributed by atoms with Crippen molar-refractivity contribution < 1.29 is 0 Å². The van der Waals surface area contributed by atoms with Gasteiger partial charge in [0, 0.05) is 16.7 Å². The lowest BCUT2D eigenvalue weighted by Gasteiger charge is -2.14. The molecule has 1 rings (SSSR count). The summed E-state index contributed by atoms with van der Waals surface area (Å²) in [5, 5.41) is 0. The average molecular weight is 243 g/mol. The van der Waals surface area contributed by atoms with Crippen LogP contribution in [0.5, 0.6) is 0 Å². The van der Waals surface area contributed by atoms with Crippen molar-refractivity contribution in [2.24, 2.45) is 0 Å². The van der Waals surface area contributed by atoms with Gasteiger partial charge in [0.25, 0.3) is 0 Å². The molecule has 0 aliphatic rings. The maximum atomic E-state index is 5.95. The summed E-state index contributed by atoms with van der Waals surface area (Å²) in [6.45, 7) is 2.91. The maximum Gasteiger partial charge on any atom is 0.0390 e. The van der Waals surface area contributed by atoms with Crippen LogP contribution >= 0.6 is 15.9 Å². The molecule has 0 atom stereocenters. The third-order valence-corrected chi connectivity index (χ3v) is 2.38. The summed E-state index contributed by atoms with van der Waals surface area (Å²) >= 11 is 3.46. The quantitative estimate of drug-likeness (QED) is 0.808. The van der Waals surface area contributed by atoms with E-state index in [4.69, 9.17) is 5.73 Å². The molecule has 0 amide bonds. The van der Waals surface area contributed by atoms with E-state index in [-0.39, 0.29) is 0 Å². The highest BCUT2D eigenvalue weighted by atomic mass is 79.9. The first-order valence-electron chi connectivity index (χ1n) is 4.20. The summed E-state index contributed by atoms with van der Waals surface area (Å²) < 4.78 is 1.09. The van der Waals surface area contributed by atoms with E-state index in [1.54, 1.807) is 0 Å². The molecule has 1 aromatic carbocycles. The molecule has 0 saturated heterocycles. The third-order valence-electron chi connectivity index (χ3n) is 1.92. The molecule has 0 spiro atoms. The van der Waals surface area contributed by atoms with E-state index in [1.165, 1.54) is 5.56 Å². The number of rotatable bonds is 2. The Morgan fingerprint density at radius 3 is 2.54 bits per heavy atom. The van der Waals surface area contributed by atoms with E-state index in [9.17, 15) is 0 Å². The molecule has 0 saturated carbocycles. The van der Waals surface area contributed by atoms with E-state index in [0.29, 0.717) is 0 Å². The lowest BCUT2D eigenvalue weighted by Crippen LogP contribution is -2.12. The van der Waals surface area contributed by atoms with Crippen molar-refractivity contribution in [2.75, 3.05) is 19.8 Å². The van der Waals surface area contributed by atoms with Crippen molar-refractivity contribution in [2.45, 2.75) is 13.5 Å². The smallest absolute Gasteiger partial charge is 0.0390 e. The normalized spacial score (nSPS) is 10.8. The highest BCUT2D eigenvalue weighted by Crippen LogP contribution is 2.23. The van der Waals surface area contributed by atoms with Crippen molar-refractivity contribution >= 4 is 21.6 Å². The van der Waals surface area contributed by atoms with E-state index in [2.05, 4.69) is 26.9 Å². The van der Waals surface area contributed by atoms with Crippen LogP contribution in [0.2, 0.25) is 0 Å². The molecule has 1 aromatic rings. The minimum absolute atomic E-state index is 0.881. The second-order valence-corrected chi connectivity index (χ2v) is 4.45. The Labute approximate surface area is 87.9 Å². The van der Waals surface area contributed by atoms with Crippen LogP contribution in [0.3, 0.4) is 0 Å². The van der Waals surface area contributed by atoms with E-state index in [0.717, 1.165) is 22.3 Å². The van der Waals surface area contributed by atoms with Gasteiger partial charge in [-0.3, -0.25) is 0 Å². The molecule has 13 heavy (non-hydrogen) atoms. The van der Waals surface area contributed by atoms with Crippen LogP contribution in [0.1, 0.15) is 11.1 Å². The summed E-state index contributed by atoms with van der Waals surface area (Å²) in [5.41, 5.74) is 9.16. The van der Waals surface area contributed by atoms with Gasteiger partial charge in [-0.15, -0.1) is 0 Å². The van der Waals surface area contributed by atoms with Crippen molar-refractivity contribution in [3.8, 4) is 0 Å². The Morgan fingerprint density at radius 2 is 2.00 bits per heavy atom. The number of benzene rings is 1. The number of anilines is 1. The first-order chi connectivity index (χ1) is 6.00. The third kappa shape index (κ3) is 2.71. The minimum Gasteiger partial charge on any atom is -0.398 e. The van der Waals surface area contributed by atoms with Gasteiger partial charge in [0.15, 0.2) is 0 Å². The second-order valence-electron chi connectivity index (χ2n) is 3.53. The Hall–Kier alpha value is -0.540. The molecule has 72 valence electrons. The van der Waals surface area contributed by atoms with Crippen molar-refractivity contribution in [3.05, 3.63) is 27.7 Å². The monoisotopic (exact) mass is 242 g/mol. The topological polar surface area (TPSA) is 29.3 Å². The molecular weight excluding hydrogens is 228 g/mol. The van der Waals surface area contributed by atoms with Crippen LogP contribution in [0.4, 0.5) is 5.69 Å². The van der Waals surface area contributed by atoms with Gasteiger partial charge in [0.2, 0.25) is 0 Å². The Bertz CT molecular complexity index is 308. The molecule has 2 N–H and O–H groups in total. The highest BCUT2D eigenvalue weighted by molar-refractivity contribution is 9.10. The molecule has 0 unspecified atom stereocenters. The average Bonchev–Trinajstić information content (AvgIpc) is 1.98. The SMILES string of the molecule is Cc1cc(Br)cc(CN(C)C)c1N. The zero-order valence-electron chi connectivity index (χ0n) is 8.26. The molecule has 0 bridgehead atoms.